The van der Waals surface area contributed by atoms with Crippen LogP contribution in [0.25, 0.3) is 11.1 Å². The van der Waals surface area contributed by atoms with Crippen molar-refractivity contribution in [2.75, 3.05) is 13.2 Å². The molecule has 0 spiro atoms. The molecule has 0 N–H and O–H groups in total. The summed E-state index contributed by atoms with van der Waals surface area (Å²) in [6.45, 7) is 5.01. The Hall–Kier alpha value is -2.01. The number of halogens is 3. The third kappa shape index (κ3) is 6.03. The van der Waals surface area contributed by atoms with Crippen molar-refractivity contribution in [2.45, 2.75) is 77.2 Å². The molecule has 170 valence electrons. The Labute approximate surface area is 183 Å². The smallest absolute Gasteiger partial charge is 0.201 e. The monoisotopic (exact) mass is 434 g/mol. The van der Waals surface area contributed by atoms with Gasteiger partial charge in [-0.15, -0.1) is 0 Å². The van der Waals surface area contributed by atoms with Crippen molar-refractivity contribution in [2.24, 2.45) is 0 Å². The summed E-state index contributed by atoms with van der Waals surface area (Å²) in [5.41, 5.74) is 0.921. The molecule has 0 radical (unpaired) electrons. The maximum atomic E-state index is 14.9. The van der Waals surface area contributed by atoms with Gasteiger partial charge in [0.05, 0.1) is 19.3 Å². The number of rotatable bonds is 10. The average Bonchev–Trinajstić information content (AvgIpc) is 2.78. The minimum Gasteiger partial charge on any atom is -0.490 e. The van der Waals surface area contributed by atoms with Crippen LogP contribution >= 0.6 is 0 Å². The minimum absolute atomic E-state index is 0.00704. The van der Waals surface area contributed by atoms with Crippen molar-refractivity contribution in [3.8, 4) is 16.9 Å². The van der Waals surface area contributed by atoms with Gasteiger partial charge in [0.15, 0.2) is 11.6 Å². The summed E-state index contributed by atoms with van der Waals surface area (Å²) in [6.07, 6.45) is 8.35. The van der Waals surface area contributed by atoms with E-state index in [-0.39, 0.29) is 23.3 Å². The Kier molecular flexibility index (Phi) is 8.82. The van der Waals surface area contributed by atoms with Gasteiger partial charge in [-0.1, -0.05) is 51.7 Å². The maximum Gasteiger partial charge on any atom is 0.201 e. The van der Waals surface area contributed by atoms with Crippen molar-refractivity contribution in [1.29, 1.82) is 0 Å². The number of hydrogen-bond donors (Lipinski definition) is 0. The molecule has 3 rings (SSSR count). The number of hydrogen-bond acceptors (Lipinski definition) is 2. The molecule has 0 amide bonds. The lowest BCUT2D eigenvalue weighted by Crippen LogP contribution is -2.25. The van der Waals surface area contributed by atoms with Crippen molar-refractivity contribution >= 4 is 0 Å². The fourth-order valence-electron chi connectivity index (χ4n) is 4.12. The minimum atomic E-state index is -1.03. The van der Waals surface area contributed by atoms with Crippen molar-refractivity contribution in [3.63, 3.8) is 0 Å². The van der Waals surface area contributed by atoms with Gasteiger partial charge in [0.25, 0.3) is 0 Å². The lowest BCUT2D eigenvalue weighted by Gasteiger charge is -2.29. The van der Waals surface area contributed by atoms with Crippen LogP contribution in [0, 0.1) is 17.5 Å². The lowest BCUT2D eigenvalue weighted by atomic mass is 9.88. The number of benzene rings is 2. The van der Waals surface area contributed by atoms with E-state index in [9.17, 15) is 13.2 Å². The fourth-order valence-corrected chi connectivity index (χ4v) is 4.12. The molecule has 1 aliphatic rings. The van der Waals surface area contributed by atoms with Gasteiger partial charge in [0.1, 0.15) is 5.82 Å². The van der Waals surface area contributed by atoms with Crippen LogP contribution in [0.3, 0.4) is 0 Å². The summed E-state index contributed by atoms with van der Waals surface area (Å²) in [4.78, 5) is 0. The first-order valence-corrected chi connectivity index (χ1v) is 11.6. The van der Waals surface area contributed by atoms with Crippen LogP contribution in [0.15, 0.2) is 30.3 Å². The first kappa shape index (κ1) is 23.6. The molecule has 1 heterocycles. The molecule has 0 aliphatic carbocycles. The summed E-state index contributed by atoms with van der Waals surface area (Å²) >= 11 is 0. The summed E-state index contributed by atoms with van der Waals surface area (Å²) in [7, 11) is 0. The molecule has 0 aromatic heterocycles. The SMILES string of the molecule is CCCCCC1CCC(c2ccc(-c3ccc(OCCCC)c(F)c3F)cc2F)CO1. The Bertz CT molecular complexity index is 845. The Balaban J connectivity index is 1.68. The second-order valence-electron chi connectivity index (χ2n) is 8.40. The number of ether oxygens (including phenoxy) is 2. The van der Waals surface area contributed by atoms with Gasteiger partial charge in [0, 0.05) is 11.5 Å². The molecule has 2 unspecified atom stereocenters. The van der Waals surface area contributed by atoms with Gasteiger partial charge in [0.2, 0.25) is 5.82 Å². The Morgan fingerprint density at radius 3 is 2.42 bits per heavy atom. The normalized spacial score (nSPS) is 18.9. The molecule has 1 fully saturated rings. The molecule has 2 aromatic rings. The predicted molar refractivity (Wildman–Crippen MR) is 118 cm³/mol. The molecular weight excluding hydrogens is 401 g/mol. The maximum absolute atomic E-state index is 14.9. The fraction of sp³-hybridized carbons (Fsp3) is 0.538. The van der Waals surface area contributed by atoms with E-state index in [1.165, 1.54) is 37.5 Å². The van der Waals surface area contributed by atoms with E-state index in [2.05, 4.69) is 6.92 Å². The molecule has 2 aromatic carbocycles. The van der Waals surface area contributed by atoms with Crippen molar-refractivity contribution in [3.05, 3.63) is 53.3 Å². The van der Waals surface area contributed by atoms with Gasteiger partial charge < -0.3 is 9.47 Å². The average molecular weight is 435 g/mol. The molecule has 1 saturated heterocycles. The summed E-state index contributed by atoms with van der Waals surface area (Å²) in [5, 5.41) is 0. The van der Waals surface area contributed by atoms with Gasteiger partial charge >= 0.3 is 0 Å². The second kappa shape index (κ2) is 11.6. The highest BCUT2D eigenvalue weighted by Crippen LogP contribution is 2.35. The van der Waals surface area contributed by atoms with E-state index in [1.54, 1.807) is 12.1 Å². The summed E-state index contributed by atoms with van der Waals surface area (Å²) in [6, 6.07) is 7.47. The van der Waals surface area contributed by atoms with Gasteiger partial charge in [-0.25, -0.2) is 8.78 Å². The first-order chi connectivity index (χ1) is 15.0. The number of unbranched alkanes of at least 4 members (excludes halogenated alkanes) is 3. The van der Waals surface area contributed by atoms with Crippen LogP contribution in [0.2, 0.25) is 0 Å². The van der Waals surface area contributed by atoms with E-state index in [0.29, 0.717) is 24.3 Å². The van der Waals surface area contributed by atoms with Crippen LogP contribution < -0.4 is 4.74 Å². The van der Waals surface area contributed by atoms with Gasteiger partial charge in [-0.05, 0) is 55.0 Å². The first-order valence-electron chi connectivity index (χ1n) is 11.6. The van der Waals surface area contributed by atoms with E-state index >= 15 is 0 Å². The molecule has 31 heavy (non-hydrogen) atoms. The quantitative estimate of drug-likeness (QED) is 0.355. The Morgan fingerprint density at radius 2 is 1.74 bits per heavy atom. The zero-order valence-corrected chi connectivity index (χ0v) is 18.6. The third-order valence-corrected chi connectivity index (χ3v) is 6.05. The van der Waals surface area contributed by atoms with Crippen LogP contribution in [-0.2, 0) is 4.74 Å². The lowest BCUT2D eigenvalue weighted by molar-refractivity contribution is -0.00267. The van der Waals surface area contributed by atoms with Crippen molar-refractivity contribution in [1.82, 2.24) is 0 Å². The molecule has 2 atom stereocenters. The predicted octanol–water partition coefficient (Wildman–Crippen LogP) is 7.79. The molecule has 0 bridgehead atoms. The van der Waals surface area contributed by atoms with Crippen LogP contribution in [-0.4, -0.2) is 19.3 Å². The summed E-state index contributed by atoms with van der Waals surface area (Å²) in [5.74, 6) is -2.57. The topological polar surface area (TPSA) is 18.5 Å². The third-order valence-electron chi connectivity index (χ3n) is 6.05. The van der Waals surface area contributed by atoms with E-state index in [1.807, 2.05) is 6.92 Å². The van der Waals surface area contributed by atoms with Crippen LogP contribution in [0.1, 0.15) is 76.7 Å². The van der Waals surface area contributed by atoms with Crippen LogP contribution in [0.4, 0.5) is 13.2 Å². The molecule has 2 nitrogen and oxygen atoms in total. The van der Waals surface area contributed by atoms with E-state index in [0.717, 1.165) is 32.1 Å². The highest BCUT2D eigenvalue weighted by Gasteiger charge is 2.25. The highest BCUT2D eigenvalue weighted by molar-refractivity contribution is 5.66. The largest absolute Gasteiger partial charge is 0.490 e. The summed E-state index contributed by atoms with van der Waals surface area (Å²) < 4.78 is 55.2. The molecule has 5 heteroatoms. The van der Waals surface area contributed by atoms with E-state index in [4.69, 9.17) is 9.47 Å². The second-order valence-corrected chi connectivity index (χ2v) is 8.40. The van der Waals surface area contributed by atoms with Crippen molar-refractivity contribution < 1.29 is 22.6 Å². The van der Waals surface area contributed by atoms with Gasteiger partial charge in [-0.3, -0.25) is 0 Å². The van der Waals surface area contributed by atoms with Gasteiger partial charge in [-0.2, -0.15) is 4.39 Å². The highest BCUT2D eigenvalue weighted by atomic mass is 19.2. The zero-order valence-electron chi connectivity index (χ0n) is 18.6. The molecule has 1 aliphatic heterocycles. The Morgan fingerprint density at radius 1 is 0.935 bits per heavy atom. The molecular formula is C26H33F3O2. The standard InChI is InChI=1S/C26H33F3O2/c1-3-5-7-8-20-11-9-19(17-31-20)21-12-10-18(16-23(21)27)22-13-14-24(26(29)25(22)28)30-15-6-4-2/h10,12-14,16,19-20H,3-9,11,15,17H2,1-2H3. The van der Waals surface area contributed by atoms with E-state index < -0.39 is 17.5 Å². The van der Waals surface area contributed by atoms with Crippen LogP contribution in [0.5, 0.6) is 5.75 Å². The zero-order chi connectivity index (χ0) is 22.2. The molecule has 0 saturated carbocycles.